The van der Waals surface area contributed by atoms with E-state index in [1.54, 1.807) is 20.8 Å². The molecule has 0 saturated heterocycles. The third kappa shape index (κ3) is 4.71. The maximum Gasteiger partial charge on any atom is 0.534 e. The van der Waals surface area contributed by atoms with Crippen molar-refractivity contribution in [1.29, 1.82) is 0 Å². The second kappa shape index (κ2) is 6.32. The molecule has 25 heavy (non-hydrogen) atoms. The number of aromatic nitrogens is 2. The van der Waals surface area contributed by atoms with E-state index >= 15 is 0 Å². The fraction of sp³-hybridized carbons (Fsp3) is 0.615. The van der Waals surface area contributed by atoms with Crippen molar-refractivity contribution in [2.75, 3.05) is 6.54 Å². The number of amides is 1. The van der Waals surface area contributed by atoms with E-state index in [2.05, 4.69) is 14.2 Å². The second-order valence-electron chi connectivity index (χ2n) is 6.24. The molecule has 0 unspecified atom stereocenters. The van der Waals surface area contributed by atoms with Gasteiger partial charge in [-0.25, -0.2) is 9.78 Å². The molecule has 12 heteroatoms. The molecule has 0 fully saturated rings. The molecule has 2 heterocycles. The van der Waals surface area contributed by atoms with E-state index in [0.717, 1.165) is 6.20 Å². The van der Waals surface area contributed by atoms with Crippen LogP contribution in [0.2, 0.25) is 0 Å². The number of nitrogens with zero attached hydrogens (tertiary/aromatic N) is 3. The minimum Gasteiger partial charge on any atom is -0.444 e. The van der Waals surface area contributed by atoms with Crippen LogP contribution >= 0.6 is 0 Å². The second-order valence-corrected chi connectivity index (χ2v) is 7.77. The minimum absolute atomic E-state index is 0.0828. The predicted molar refractivity (Wildman–Crippen MR) is 78.0 cm³/mol. The summed E-state index contributed by atoms with van der Waals surface area (Å²) in [5.74, 6) is -0.817. The van der Waals surface area contributed by atoms with E-state index in [9.17, 15) is 26.4 Å². The van der Waals surface area contributed by atoms with Crippen LogP contribution in [0.15, 0.2) is 6.20 Å². The van der Waals surface area contributed by atoms with Crippen LogP contribution in [0.4, 0.5) is 18.0 Å². The maximum absolute atomic E-state index is 12.4. The molecular weight excluding hydrogens is 367 g/mol. The summed E-state index contributed by atoms with van der Waals surface area (Å²) in [7, 11) is -5.84. The van der Waals surface area contributed by atoms with Crippen LogP contribution in [0.3, 0.4) is 0 Å². The van der Waals surface area contributed by atoms with Gasteiger partial charge in [-0.05, 0) is 20.8 Å². The Morgan fingerprint density at radius 1 is 1.24 bits per heavy atom. The van der Waals surface area contributed by atoms with Crippen LogP contribution in [0.1, 0.15) is 32.2 Å². The van der Waals surface area contributed by atoms with Crippen molar-refractivity contribution in [2.24, 2.45) is 0 Å². The summed E-state index contributed by atoms with van der Waals surface area (Å²) in [6.07, 6.45) is 0.480. The summed E-state index contributed by atoms with van der Waals surface area (Å²) < 4.78 is 68.3. The summed E-state index contributed by atoms with van der Waals surface area (Å²) in [6.45, 7) is 5.28. The summed E-state index contributed by atoms with van der Waals surface area (Å²) in [6, 6.07) is 0. The van der Waals surface area contributed by atoms with Crippen molar-refractivity contribution in [3.05, 3.63) is 17.6 Å². The van der Waals surface area contributed by atoms with Gasteiger partial charge in [-0.2, -0.15) is 21.6 Å². The van der Waals surface area contributed by atoms with Gasteiger partial charge in [0.25, 0.3) is 5.88 Å². The van der Waals surface area contributed by atoms with Gasteiger partial charge >= 0.3 is 21.7 Å². The zero-order valence-electron chi connectivity index (χ0n) is 13.6. The molecular formula is C13H16F3N3O5S. The molecule has 0 saturated carbocycles. The molecule has 0 aromatic carbocycles. The third-order valence-electron chi connectivity index (χ3n) is 3.00. The van der Waals surface area contributed by atoms with Gasteiger partial charge in [0.2, 0.25) is 0 Å². The van der Waals surface area contributed by atoms with E-state index in [1.165, 1.54) is 4.90 Å². The number of carbonyl (C=O) groups excluding carboxylic acids is 1. The van der Waals surface area contributed by atoms with Crippen LogP contribution < -0.4 is 4.18 Å². The predicted octanol–water partition coefficient (Wildman–Crippen LogP) is 2.00. The Kier molecular flexibility index (Phi) is 4.86. The first-order valence-electron chi connectivity index (χ1n) is 7.12. The van der Waals surface area contributed by atoms with Gasteiger partial charge in [0, 0.05) is 13.0 Å². The molecule has 140 valence electrons. The van der Waals surface area contributed by atoms with E-state index in [1.807, 2.05) is 0 Å². The highest BCUT2D eigenvalue weighted by molar-refractivity contribution is 7.87. The molecule has 1 aromatic heterocycles. The average molecular weight is 383 g/mol. The fourth-order valence-electron chi connectivity index (χ4n) is 1.95. The van der Waals surface area contributed by atoms with Crippen LogP contribution in [0, 0.1) is 0 Å². The Morgan fingerprint density at radius 2 is 1.88 bits per heavy atom. The van der Waals surface area contributed by atoms with Gasteiger partial charge in [0.15, 0.2) is 0 Å². The molecule has 1 aromatic rings. The zero-order valence-corrected chi connectivity index (χ0v) is 14.4. The topological polar surface area (TPSA) is 98.7 Å². The van der Waals surface area contributed by atoms with Crippen molar-refractivity contribution in [2.45, 2.75) is 44.8 Å². The number of halogens is 3. The summed E-state index contributed by atoms with van der Waals surface area (Å²) in [5.41, 5.74) is -5.70. The van der Waals surface area contributed by atoms with E-state index in [0.29, 0.717) is 12.1 Å². The van der Waals surface area contributed by atoms with Crippen LogP contribution in [-0.4, -0.2) is 47.0 Å². The van der Waals surface area contributed by atoms with Gasteiger partial charge in [0.05, 0.1) is 24.1 Å². The minimum atomic E-state index is -5.84. The number of hydrogen-bond acceptors (Lipinski definition) is 7. The zero-order chi connectivity index (χ0) is 19.0. The van der Waals surface area contributed by atoms with Gasteiger partial charge in [0.1, 0.15) is 5.60 Å². The first-order valence-corrected chi connectivity index (χ1v) is 8.53. The normalized spacial score (nSPS) is 15.5. The molecule has 2 rings (SSSR count). The Labute approximate surface area is 142 Å². The van der Waals surface area contributed by atoms with Crippen molar-refractivity contribution in [3.63, 3.8) is 0 Å². The van der Waals surface area contributed by atoms with E-state index in [4.69, 9.17) is 4.74 Å². The monoisotopic (exact) mass is 383 g/mol. The quantitative estimate of drug-likeness (QED) is 0.569. The lowest BCUT2D eigenvalue weighted by Gasteiger charge is -2.30. The third-order valence-corrected chi connectivity index (χ3v) is 3.96. The maximum atomic E-state index is 12.4. The van der Waals surface area contributed by atoms with Crippen molar-refractivity contribution in [3.8, 4) is 5.88 Å². The van der Waals surface area contributed by atoms with E-state index in [-0.39, 0.29) is 18.8 Å². The standard InChI is InChI=1S/C13H16F3N3O5S/c1-12(2,3)23-11(20)19-5-4-8-9(7-19)18-10(6-17-8)24-25(21,22)13(14,15)16/h6H,4-5,7H2,1-3H3. The van der Waals surface area contributed by atoms with Gasteiger partial charge in [-0.1, -0.05) is 0 Å². The molecule has 0 radical (unpaired) electrons. The number of fused-ring (bicyclic) bond motifs is 1. The molecule has 1 amide bonds. The fourth-order valence-corrected chi connectivity index (χ4v) is 2.35. The summed E-state index contributed by atoms with van der Waals surface area (Å²) >= 11 is 0. The smallest absolute Gasteiger partial charge is 0.444 e. The summed E-state index contributed by atoms with van der Waals surface area (Å²) in [5, 5.41) is 0. The molecule has 1 aliphatic rings. The number of hydrogen-bond donors (Lipinski definition) is 0. The Hall–Kier alpha value is -2.11. The molecule has 0 spiro atoms. The Balaban J connectivity index is 2.18. The lowest BCUT2D eigenvalue weighted by molar-refractivity contribution is -0.0501. The number of alkyl halides is 3. The molecule has 0 atom stereocenters. The number of carbonyl (C=O) groups is 1. The van der Waals surface area contributed by atoms with Crippen molar-refractivity contribution < 1.29 is 35.3 Å². The number of ether oxygens (including phenoxy) is 1. The molecule has 0 bridgehead atoms. The van der Waals surface area contributed by atoms with Crippen molar-refractivity contribution in [1.82, 2.24) is 14.9 Å². The molecule has 8 nitrogen and oxygen atoms in total. The Morgan fingerprint density at radius 3 is 2.44 bits per heavy atom. The number of rotatable bonds is 2. The van der Waals surface area contributed by atoms with Gasteiger partial charge in [-0.3, -0.25) is 4.98 Å². The summed E-state index contributed by atoms with van der Waals surface area (Å²) in [4.78, 5) is 20.9. The lowest BCUT2D eigenvalue weighted by Crippen LogP contribution is -2.40. The van der Waals surface area contributed by atoms with Crippen molar-refractivity contribution >= 4 is 16.2 Å². The molecule has 0 N–H and O–H groups in total. The highest BCUT2D eigenvalue weighted by Crippen LogP contribution is 2.27. The SMILES string of the molecule is CC(C)(C)OC(=O)N1CCc2ncc(OS(=O)(=O)C(F)(F)F)nc2C1. The first-order chi connectivity index (χ1) is 11.3. The van der Waals surface area contributed by atoms with Gasteiger partial charge < -0.3 is 13.8 Å². The average Bonchev–Trinajstić information content (AvgIpc) is 2.43. The van der Waals surface area contributed by atoms with E-state index < -0.39 is 33.2 Å². The van der Waals surface area contributed by atoms with Crippen LogP contribution in [0.5, 0.6) is 5.88 Å². The first kappa shape index (κ1) is 19.2. The van der Waals surface area contributed by atoms with Crippen LogP contribution in [0.25, 0.3) is 0 Å². The highest BCUT2D eigenvalue weighted by Gasteiger charge is 2.49. The lowest BCUT2D eigenvalue weighted by atomic mass is 10.1. The highest BCUT2D eigenvalue weighted by atomic mass is 32.2. The Bertz CT molecular complexity index is 774. The van der Waals surface area contributed by atoms with Crippen LogP contribution in [-0.2, 0) is 27.8 Å². The van der Waals surface area contributed by atoms with Gasteiger partial charge in [-0.15, -0.1) is 0 Å². The molecule has 1 aliphatic heterocycles. The molecule has 0 aliphatic carbocycles. The largest absolute Gasteiger partial charge is 0.534 e.